The molecule has 20 heavy (non-hydrogen) atoms. The topological polar surface area (TPSA) is 91.2 Å². The van der Waals surface area contributed by atoms with Gasteiger partial charge in [0, 0.05) is 42.3 Å². The van der Waals surface area contributed by atoms with Gasteiger partial charge in [0.15, 0.2) is 5.78 Å². The second-order valence-corrected chi connectivity index (χ2v) is 4.86. The van der Waals surface area contributed by atoms with Gasteiger partial charge in [0.05, 0.1) is 0 Å². The number of aromatic nitrogens is 1. The van der Waals surface area contributed by atoms with E-state index in [2.05, 4.69) is 10.3 Å². The van der Waals surface area contributed by atoms with Crippen molar-refractivity contribution in [1.29, 1.82) is 0 Å². The van der Waals surface area contributed by atoms with Crippen molar-refractivity contribution >= 4 is 22.7 Å². The first-order chi connectivity index (χ1) is 9.68. The molecule has 2 heterocycles. The molecule has 3 rings (SSSR count). The Hall–Kier alpha value is -2.34. The maximum absolute atomic E-state index is 12.7. The van der Waals surface area contributed by atoms with Gasteiger partial charge >= 0.3 is 6.03 Å². The van der Waals surface area contributed by atoms with E-state index in [9.17, 15) is 9.59 Å². The molecule has 0 spiro atoms. The van der Waals surface area contributed by atoms with Crippen LogP contribution in [-0.4, -0.2) is 47.4 Å². The van der Waals surface area contributed by atoms with Crippen LogP contribution in [0.5, 0.6) is 0 Å². The summed E-state index contributed by atoms with van der Waals surface area (Å²) in [6.07, 6.45) is 1.70. The first kappa shape index (κ1) is 12.7. The van der Waals surface area contributed by atoms with Crippen LogP contribution in [0.25, 0.3) is 10.9 Å². The number of primary amides is 1. The number of benzene rings is 1. The zero-order chi connectivity index (χ0) is 14.1. The number of nitrogens with one attached hydrogen (secondary N) is 2. The van der Waals surface area contributed by atoms with Crippen molar-refractivity contribution in [2.75, 3.05) is 19.6 Å². The van der Waals surface area contributed by atoms with Gasteiger partial charge in [0.2, 0.25) is 0 Å². The van der Waals surface area contributed by atoms with Crippen LogP contribution >= 0.6 is 0 Å². The van der Waals surface area contributed by atoms with Crippen LogP contribution in [0, 0.1) is 0 Å². The van der Waals surface area contributed by atoms with Gasteiger partial charge in [-0.05, 0) is 6.07 Å². The van der Waals surface area contributed by atoms with E-state index in [0.29, 0.717) is 25.2 Å². The molecule has 0 bridgehead atoms. The van der Waals surface area contributed by atoms with Crippen LogP contribution in [-0.2, 0) is 0 Å². The third-order valence-corrected chi connectivity index (χ3v) is 3.68. The molecule has 0 aliphatic carbocycles. The summed E-state index contributed by atoms with van der Waals surface area (Å²) in [6.45, 7) is 1.54. The van der Waals surface area contributed by atoms with Crippen molar-refractivity contribution in [3.8, 4) is 0 Å². The van der Waals surface area contributed by atoms with Crippen molar-refractivity contribution in [3.05, 3.63) is 36.0 Å². The van der Waals surface area contributed by atoms with E-state index < -0.39 is 12.1 Å². The predicted molar refractivity (Wildman–Crippen MR) is 75.6 cm³/mol. The average molecular weight is 272 g/mol. The normalized spacial score (nSPS) is 19.2. The number of nitrogens with two attached hydrogens (primary N) is 1. The quantitative estimate of drug-likeness (QED) is 0.703. The number of hydrogen-bond donors (Lipinski definition) is 3. The summed E-state index contributed by atoms with van der Waals surface area (Å²) in [7, 11) is 0. The van der Waals surface area contributed by atoms with Gasteiger partial charge in [-0.25, -0.2) is 4.79 Å². The molecule has 1 aliphatic rings. The minimum absolute atomic E-state index is 0.0894. The Morgan fingerprint density at radius 1 is 1.30 bits per heavy atom. The fourth-order valence-electron chi connectivity index (χ4n) is 2.66. The molecule has 2 amide bonds. The molecule has 1 aromatic heterocycles. The number of nitrogens with zero attached hydrogens (tertiary/aromatic N) is 1. The number of Topliss-reactive ketones (excluding diaryl/α,β-unsaturated/α-hetero) is 1. The molecular weight excluding hydrogens is 256 g/mol. The van der Waals surface area contributed by atoms with Crippen LogP contribution in [0.2, 0.25) is 0 Å². The molecule has 4 N–H and O–H groups in total. The van der Waals surface area contributed by atoms with Gasteiger partial charge in [-0.2, -0.15) is 0 Å². The Bertz CT molecular complexity index is 664. The number of urea groups is 1. The molecule has 6 nitrogen and oxygen atoms in total. The van der Waals surface area contributed by atoms with Crippen LogP contribution < -0.4 is 11.1 Å². The van der Waals surface area contributed by atoms with Crippen molar-refractivity contribution < 1.29 is 9.59 Å². The van der Waals surface area contributed by atoms with Crippen LogP contribution in [0.4, 0.5) is 4.79 Å². The molecule has 1 aromatic carbocycles. The summed E-state index contributed by atoms with van der Waals surface area (Å²) < 4.78 is 0. The van der Waals surface area contributed by atoms with Crippen molar-refractivity contribution in [2.24, 2.45) is 5.73 Å². The number of rotatable bonds is 2. The summed E-state index contributed by atoms with van der Waals surface area (Å²) in [5.74, 6) is -0.0894. The highest BCUT2D eigenvalue weighted by molar-refractivity contribution is 6.11. The highest BCUT2D eigenvalue weighted by Crippen LogP contribution is 2.21. The van der Waals surface area contributed by atoms with E-state index in [-0.39, 0.29) is 5.78 Å². The van der Waals surface area contributed by atoms with Gasteiger partial charge in [-0.3, -0.25) is 4.79 Å². The smallest absolute Gasteiger partial charge is 0.315 e. The van der Waals surface area contributed by atoms with Crippen LogP contribution in [0.15, 0.2) is 30.5 Å². The summed E-state index contributed by atoms with van der Waals surface area (Å²) in [5, 5.41) is 4.00. The largest absolute Gasteiger partial charge is 0.360 e. The molecule has 6 heteroatoms. The lowest BCUT2D eigenvalue weighted by molar-refractivity contribution is 0.0827. The zero-order valence-electron chi connectivity index (χ0n) is 10.9. The molecule has 1 saturated heterocycles. The fraction of sp³-hybridized carbons (Fsp3) is 0.286. The molecule has 0 saturated carbocycles. The average Bonchev–Trinajstić information content (AvgIpc) is 2.90. The van der Waals surface area contributed by atoms with E-state index in [1.807, 2.05) is 24.3 Å². The van der Waals surface area contributed by atoms with Gasteiger partial charge in [0.1, 0.15) is 6.04 Å². The van der Waals surface area contributed by atoms with Crippen LogP contribution in [0.1, 0.15) is 10.4 Å². The number of carbonyl (C=O) groups excluding carboxylic acids is 2. The zero-order valence-corrected chi connectivity index (χ0v) is 10.9. The van der Waals surface area contributed by atoms with E-state index in [1.54, 1.807) is 6.20 Å². The van der Waals surface area contributed by atoms with E-state index >= 15 is 0 Å². The lowest BCUT2D eigenvalue weighted by Gasteiger charge is -2.33. The molecule has 1 aliphatic heterocycles. The van der Waals surface area contributed by atoms with Crippen LogP contribution in [0.3, 0.4) is 0 Å². The number of H-pyrrole nitrogens is 1. The second kappa shape index (κ2) is 4.97. The minimum Gasteiger partial charge on any atom is -0.360 e. The molecule has 104 valence electrons. The third-order valence-electron chi connectivity index (χ3n) is 3.68. The Morgan fingerprint density at radius 2 is 2.10 bits per heavy atom. The van der Waals surface area contributed by atoms with Gasteiger partial charge in [0.25, 0.3) is 0 Å². The summed E-state index contributed by atoms with van der Waals surface area (Å²) in [5.41, 5.74) is 6.87. The second-order valence-electron chi connectivity index (χ2n) is 4.86. The van der Waals surface area contributed by atoms with Gasteiger partial charge in [-0.1, -0.05) is 18.2 Å². The fourth-order valence-corrected chi connectivity index (χ4v) is 2.66. The Morgan fingerprint density at radius 3 is 2.90 bits per heavy atom. The number of piperazine rings is 1. The SMILES string of the molecule is NC(=O)N1CCNCC1C(=O)c1c[nH]c2ccccc12. The third kappa shape index (κ3) is 2.04. The Kier molecular flexibility index (Phi) is 3.15. The number of ketones is 1. The van der Waals surface area contributed by atoms with E-state index in [4.69, 9.17) is 5.73 Å². The van der Waals surface area contributed by atoms with Crippen molar-refractivity contribution in [3.63, 3.8) is 0 Å². The number of aromatic amines is 1. The molecule has 1 fully saturated rings. The Labute approximate surface area is 115 Å². The standard InChI is InChI=1S/C14H16N4O2/c15-14(20)18-6-5-16-8-12(18)13(19)10-7-17-11-4-2-1-3-9(10)11/h1-4,7,12,16-17H,5-6,8H2,(H2,15,20). The van der Waals surface area contributed by atoms with Gasteiger partial charge in [-0.15, -0.1) is 0 Å². The molecule has 2 aromatic rings. The lowest BCUT2D eigenvalue weighted by Crippen LogP contribution is -2.58. The van der Waals surface area contributed by atoms with Crippen molar-refractivity contribution in [1.82, 2.24) is 15.2 Å². The predicted octanol–water partition coefficient (Wildman–Crippen LogP) is 0.703. The lowest BCUT2D eigenvalue weighted by atomic mass is 10.0. The molecule has 1 atom stereocenters. The molecule has 0 radical (unpaired) electrons. The number of hydrogen-bond acceptors (Lipinski definition) is 3. The highest BCUT2D eigenvalue weighted by Gasteiger charge is 2.32. The van der Waals surface area contributed by atoms with Gasteiger partial charge < -0.3 is 20.9 Å². The Balaban J connectivity index is 1.96. The summed E-state index contributed by atoms with van der Waals surface area (Å²) >= 11 is 0. The highest BCUT2D eigenvalue weighted by atomic mass is 16.2. The summed E-state index contributed by atoms with van der Waals surface area (Å²) in [6, 6.07) is 6.51. The maximum Gasteiger partial charge on any atom is 0.315 e. The molecule has 1 unspecified atom stereocenters. The minimum atomic E-state index is -0.551. The number of fused-ring (bicyclic) bond motifs is 1. The van der Waals surface area contributed by atoms with E-state index in [0.717, 1.165) is 10.9 Å². The van der Waals surface area contributed by atoms with Crippen molar-refractivity contribution in [2.45, 2.75) is 6.04 Å². The summed E-state index contributed by atoms with van der Waals surface area (Å²) in [4.78, 5) is 28.7. The number of carbonyl (C=O) groups is 2. The maximum atomic E-state index is 12.7. The van der Waals surface area contributed by atoms with E-state index in [1.165, 1.54) is 4.90 Å². The monoisotopic (exact) mass is 272 g/mol. The molecular formula is C14H16N4O2. The number of para-hydroxylation sites is 1. The number of amides is 2. The first-order valence-corrected chi connectivity index (χ1v) is 6.55. The first-order valence-electron chi connectivity index (χ1n) is 6.55.